The van der Waals surface area contributed by atoms with Gasteiger partial charge in [-0.25, -0.2) is 9.97 Å². The summed E-state index contributed by atoms with van der Waals surface area (Å²) in [5, 5.41) is 11.3. The van der Waals surface area contributed by atoms with E-state index in [1.807, 2.05) is 36.7 Å². The fraction of sp³-hybridized carbons (Fsp3) is 0.435. The van der Waals surface area contributed by atoms with Crippen molar-refractivity contribution in [3.05, 3.63) is 42.2 Å². The van der Waals surface area contributed by atoms with Crippen molar-refractivity contribution in [1.29, 1.82) is 5.41 Å². The summed E-state index contributed by atoms with van der Waals surface area (Å²) in [6.07, 6.45) is 7.97. The minimum atomic E-state index is 0.246. The van der Waals surface area contributed by atoms with Gasteiger partial charge in [-0.1, -0.05) is 12.1 Å². The molecule has 0 bridgehead atoms. The van der Waals surface area contributed by atoms with Crippen LogP contribution in [0.4, 0.5) is 11.6 Å². The van der Waals surface area contributed by atoms with Gasteiger partial charge in [0.25, 0.3) is 0 Å². The van der Waals surface area contributed by atoms with Gasteiger partial charge < -0.3 is 31.8 Å². The van der Waals surface area contributed by atoms with Gasteiger partial charge in [-0.05, 0) is 31.4 Å². The second kappa shape index (κ2) is 9.89. The van der Waals surface area contributed by atoms with Gasteiger partial charge in [0.1, 0.15) is 0 Å². The molecule has 3 heterocycles. The zero-order valence-electron chi connectivity index (χ0n) is 17.8. The number of hydrogen-bond donors (Lipinski definition) is 4. The lowest BCUT2D eigenvalue weighted by Crippen LogP contribution is -2.40. The number of anilines is 2. The van der Waals surface area contributed by atoms with E-state index >= 15 is 0 Å². The monoisotopic (exact) mass is 421 g/mol. The van der Waals surface area contributed by atoms with E-state index in [1.54, 1.807) is 0 Å². The van der Waals surface area contributed by atoms with E-state index in [9.17, 15) is 0 Å². The molecule has 0 aliphatic carbocycles. The molecule has 2 aliphatic heterocycles. The number of nitrogens with zero attached hydrogens (tertiary/aromatic N) is 3. The Balaban J connectivity index is 1.64. The summed E-state index contributed by atoms with van der Waals surface area (Å²) in [6, 6.07) is 7.90. The zero-order valence-corrected chi connectivity index (χ0v) is 17.8. The standard InChI is InChI=1S/C23H31N7O/c24-11-18(13-27-12-16-7-10-31-15-16)21-14-28-23(30-8-5-20(26)6-9-30)29-22(21)17-1-3-19(25)4-2-17/h1-4,11,13-14,16,20,24,27H,5-10,12,15,25-26H2/b18-13+,24-11?. The van der Waals surface area contributed by atoms with Gasteiger partial charge >= 0.3 is 0 Å². The molecule has 0 radical (unpaired) electrons. The third kappa shape index (κ3) is 5.21. The summed E-state index contributed by atoms with van der Waals surface area (Å²) in [4.78, 5) is 11.7. The Morgan fingerprint density at radius 1 is 1.23 bits per heavy atom. The molecule has 0 spiro atoms. The molecule has 1 unspecified atom stereocenters. The number of ether oxygens (including phenoxy) is 1. The third-order valence-electron chi connectivity index (χ3n) is 5.94. The number of allylic oxidation sites excluding steroid dienone is 1. The predicted octanol–water partition coefficient (Wildman–Crippen LogP) is 2.27. The second-order valence-corrected chi connectivity index (χ2v) is 8.26. The van der Waals surface area contributed by atoms with E-state index in [0.717, 1.165) is 74.5 Å². The average molecular weight is 422 g/mol. The van der Waals surface area contributed by atoms with Crippen molar-refractivity contribution in [2.75, 3.05) is 43.5 Å². The van der Waals surface area contributed by atoms with Crippen LogP contribution in [0, 0.1) is 11.3 Å². The number of nitrogens with two attached hydrogens (primary N) is 2. The summed E-state index contributed by atoms with van der Waals surface area (Å²) in [6.45, 7) is 4.13. The SMILES string of the molecule is N=C/C(=C\NCC1CCOC1)c1cnc(N2CCC(N)CC2)nc1-c1ccc(N)cc1. The van der Waals surface area contributed by atoms with Crippen LogP contribution in [-0.2, 0) is 4.74 Å². The first-order valence-electron chi connectivity index (χ1n) is 10.9. The van der Waals surface area contributed by atoms with Gasteiger partial charge in [0.2, 0.25) is 5.95 Å². The van der Waals surface area contributed by atoms with Crippen LogP contribution in [0.1, 0.15) is 24.8 Å². The Morgan fingerprint density at radius 2 is 2.00 bits per heavy atom. The first-order chi connectivity index (χ1) is 15.1. The molecule has 164 valence electrons. The fourth-order valence-electron chi connectivity index (χ4n) is 3.97. The van der Waals surface area contributed by atoms with E-state index < -0.39 is 0 Å². The molecule has 2 fully saturated rings. The molecule has 2 saturated heterocycles. The van der Waals surface area contributed by atoms with Crippen LogP contribution in [0.3, 0.4) is 0 Å². The first kappa shape index (κ1) is 21.3. The normalized spacial score (nSPS) is 20.1. The molecule has 6 N–H and O–H groups in total. The first-order valence-corrected chi connectivity index (χ1v) is 10.9. The van der Waals surface area contributed by atoms with Crippen LogP contribution in [0.5, 0.6) is 0 Å². The lowest BCUT2D eigenvalue weighted by atomic mass is 10.0. The maximum absolute atomic E-state index is 7.99. The Labute approximate surface area is 183 Å². The quantitative estimate of drug-likeness (QED) is 0.399. The third-order valence-corrected chi connectivity index (χ3v) is 5.94. The largest absolute Gasteiger partial charge is 0.399 e. The van der Waals surface area contributed by atoms with Crippen LogP contribution in [-0.4, -0.2) is 55.1 Å². The number of nitrogens with one attached hydrogen (secondary N) is 2. The van der Waals surface area contributed by atoms with Gasteiger partial charge in [-0.15, -0.1) is 0 Å². The minimum absolute atomic E-state index is 0.246. The number of piperidine rings is 1. The molecule has 8 heteroatoms. The Bertz CT molecular complexity index is 914. The van der Waals surface area contributed by atoms with Gasteiger partial charge in [-0.3, -0.25) is 0 Å². The summed E-state index contributed by atoms with van der Waals surface area (Å²) < 4.78 is 5.44. The molecule has 1 atom stereocenters. The zero-order chi connectivity index (χ0) is 21.6. The summed E-state index contributed by atoms with van der Waals surface area (Å²) in [5.41, 5.74) is 15.9. The van der Waals surface area contributed by atoms with Crippen molar-refractivity contribution in [1.82, 2.24) is 15.3 Å². The lowest BCUT2D eigenvalue weighted by Gasteiger charge is -2.30. The summed E-state index contributed by atoms with van der Waals surface area (Å²) in [7, 11) is 0. The molecule has 2 aromatic rings. The van der Waals surface area contributed by atoms with Gasteiger partial charge in [0.05, 0.1) is 12.3 Å². The Hall–Kier alpha value is -2.97. The van der Waals surface area contributed by atoms with Gasteiger partial charge in [-0.2, -0.15) is 0 Å². The Morgan fingerprint density at radius 3 is 2.68 bits per heavy atom. The maximum Gasteiger partial charge on any atom is 0.225 e. The fourth-order valence-corrected chi connectivity index (χ4v) is 3.97. The second-order valence-electron chi connectivity index (χ2n) is 8.26. The smallest absolute Gasteiger partial charge is 0.225 e. The molecule has 0 amide bonds. The van der Waals surface area contributed by atoms with Crippen molar-refractivity contribution < 1.29 is 4.74 Å². The van der Waals surface area contributed by atoms with E-state index in [-0.39, 0.29) is 6.04 Å². The number of nitrogen functional groups attached to an aromatic ring is 1. The molecule has 1 aromatic carbocycles. The number of aromatic nitrogens is 2. The van der Waals surface area contributed by atoms with Crippen molar-refractivity contribution in [3.63, 3.8) is 0 Å². The van der Waals surface area contributed by atoms with E-state index in [1.165, 1.54) is 6.21 Å². The molecular formula is C23H31N7O. The highest BCUT2D eigenvalue weighted by Crippen LogP contribution is 2.29. The van der Waals surface area contributed by atoms with E-state index in [4.69, 9.17) is 26.6 Å². The van der Waals surface area contributed by atoms with Crippen molar-refractivity contribution in [3.8, 4) is 11.3 Å². The maximum atomic E-state index is 7.99. The molecule has 4 rings (SSSR count). The average Bonchev–Trinajstić information content (AvgIpc) is 3.31. The molecule has 0 saturated carbocycles. The molecule has 31 heavy (non-hydrogen) atoms. The van der Waals surface area contributed by atoms with Crippen molar-refractivity contribution in [2.24, 2.45) is 11.7 Å². The van der Waals surface area contributed by atoms with Crippen molar-refractivity contribution in [2.45, 2.75) is 25.3 Å². The summed E-state index contributed by atoms with van der Waals surface area (Å²) >= 11 is 0. The molecular weight excluding hydrogens is 390 g/mol. The minimum Gasteiger partial charge on any atom is -0.399 e. The molecule has 1 aromatic heterocycles. The van der Waals surface area contributed by atoms with E-state index in [2.05, 4.69) is 15.2 Å². The number of benzene rings is 1. The van der Waals surface area contributed by atoms with Crippen LogP contribution in [0.15, 0.2) is 36.7 Å². The van der Waals surface area contributed by atoms with Gasteiger partial charge in [0.15, 0.2) is 0 Å². The topological polar surface area (TPSA) is 126 Å². The predicted molar refractivity (Wildman–Crippen MR) is 125 cm³/mol. The van der Waals surface area contributed by atoms with Crippen LogP contribution < -0.4 is 21.7 Å². The molecule has 8 nitrogen and oxygen atoms in total. The molecule has 2 aliphatic rings. The van der Waals surface area contributed by atoms with Crippen LogP contribution in [0.25, 0.3) is 16.8 Å². The number of rotatable bonds is 7. The number of hydrogen-bond acceptors (Lipinski definition) is 8. The summed E-state index contributed by atoms with van der Waals surface area (Å²) in [5.74, 6) is 1.20. The highest BCUT2D eigenvalue weighted by atomic mass is 16.5. The van der Waals surface area contributed by atoms with Crippen LogP contribution in [0.2, 0.25) is 0 Å². The Kier molecular flexibility index (Phi) is 6.79. The highest BCUT2D eigenvalue weighted by molar-refractivity contribution is 6.10. The highest BCUT2D eigenvalue weighted by Gasteiger charge is 2.21. The van der Waals surface area contributed by atoms with Crippen LogP contribution >= 0.6 is 0 Å². The van der Waals surface area contributed by atoms with Gasteiger partial charge in [0, 0.05) is 79.2 Å². The lowest BCUT2D eigenvalue weighted by molar-refractivity contribution is 0.186. The van der Waals surface area contributed by atoms with Crippen molar-refractivity contribution >= 4 is 23.4 Å². The van der Waals surface area contributed by atoms with E-state index in [0.29, 0.717) is 17.6 Å².